The van der Waals surface area contributed by atoms with Gasteiger partial charge in [0.25, 0.3) is 0 Å². The number of hydrogen-bond donors (Lipinski definition) is 2. The first-order valence-corrected chi connectivity index (χ1v) is 6.93. The van der Waals surface area contributed by atoms with E-state index < -0.39 is 6.10 Å². The number of likely N-dealkylation sites (tertiary alicyclic amines) is 1. The Morgan fingerprint density at radius 2 is 2.37 bits per heavy atom. The lowest BCUT2D eigenvalue weighted by Crippen LogP contribution is -2.47. The van der Waals surface area contributed by atoms with Crippen LogP contribution in [-0.4, -0.2) is 35.2 Å². The zero-order valence-electron chi connectivity index (χ0n) is 11.0. The monoisotopic (exact) mass is 282 g/mol. The molecule has 2 amide bonds. The van der Waals surface area contributed by atoms with Crippen LogP contribution in [-0.2, 0) is 0 Å². The Labute approximate surface area is 118 Å². The van der Waals surface area contributed by atoms with Gasteiger partial charge in [-0.15, -0.1) is 0 Å². The highest BCUT2D eigenvalue weighted by Crippen LogP contribution is 2.18. The van der Waals surface area contributed by atoms with Crippen LogP contribution < -0.4 is 5.32 Å². The Bertz CT molecular complexity index is 453. The summed E-state index contributed by atoms with van der Waals surface area (Å²) in [6.45, 7) is 3.03. The molecule has 2 N–H and O–H groups in total. The van der Waals surface area contributed by atoms with Crippen molar-refractivity contribution in [2.24, 2.45) is 0 Å². The molecule has 19 heavy (non-hydrogen) atoms. The van der Waals surface area contributed by atoms with Gasteiger partial charge >= 0.3 is 6.03 Å². The Morgan fingerprint density at radius 1 is 1.58 bits per heavy atom. The molecule has 5 heteroatoms. The Morgan fingerprint density at radius 3 is 3.05 bits per heavy atom. The number of amides is 2. The molecule has 2 rings (SSSR count). The van der Waals surface area contributed by atoms with Crippen molar-refractivity contribution in [1.29, 1.82) is 0 Å². The predicted molar refractivity (Wildman–Crippen MR) is 75.2 cm³/mol. The first kappa shape index (κ1) is 14.2. The van der Waals surface area contributed by atoms with Gasteiger partial charge in [-0.2, -0.15) is 0 Å². The van der Waals surface area contributed by atoms with Gasteiger partial charge < -0.3 is 15.3 Å². The number of rotatable bonds is 2. The van der Waals surface area contributed by atoms with Gasteiger partial charge in [0, 0.05) is 18.1 Å². The minimum atomic E-state index is -0.402. The van der Waals surface area contributed by atoms with Gasteiger partial charge in [0.05, 0.1) is 12.1 Å². The number of nitrogens with one attached hydrogen (secondary N) is 1. The first-order valence-electron chi connectivity index (χ1n) is 6.55. The molecule has 2 unspecified atom stereocenters. The summed E-state index contributed by atoms with van der Waals surface area (Å²) >= 11 is 5.94. The summed E-state index contributed by atoms with van der Waals surface area (Å²) in [7, 11) is 0. The second-order valence-electron chi connectivity index (χ2n) is 4.97. The number of aliphatic hydroxyl groups is 1. The van der Waals surface area contributed by atoms with Gasteiger partial charge in [0.1, 0.15) is 0 Å². The van der Waals surface area contributed by atoms with E-state index in [4.69, 9.17) is 11.6 Å². The quantitative estimate of drug-likeness (QED) is 0.876. The Kier molecular flexibility index (Phi) is 4.66. The van der Waals surface area contributed by atoms with Crippen molar-refractivity contribution in [3.05, 3.63) is 34.9 Å². The highest BCUT2D eigenvalue weighted by Gasteiger charge is 2.23. The van der Waals surface area contributed by atoms with Gasteiger partial charge in [-0.1, -0.05) is 23.7 Å². The highest BCUT2D eigenvalue weighted by atomic mass is 35.5. The molecule has 104 valence electrons. The number of urea groups is 1. The van der Waals surface area contributed by atoms with E-state index in [1.165, 1.54) is 0 Å². The molecule has 1 aliphatic heterocycles. The third-order valence-electron chi connectivity index (χ3n) is 3.37. The topological polar surface area (TPSA) is 52.6 Å². The molecule has 1 saturated heterocycles. The summed E-state index contributed by atoms with van der Waals surface area (Å²) in [6.07, 6.45) is 1.22. The van der Waals surface area contributed by atoms with E-state index in [0.29, 0.717) is 18.1 Å². The van der Waals surface area contributed by atoms with Crippen LogP contribution in [0.4, 0.5) is 4.79 Å². The second-order valence-corrected chi connectivity index (χ2v) is 5.40. The molecule has 1 fully saturated rings. The molecule has 2 atom stereocenters. The summed E-state index contributed by atoms with van der Waals surface area (Å²) in [5.74, 6) is 0. The van der Waals surface area contributed by atoms with Crippen molar-refractivity contribution < 1.29 is 9.90 Å². The van der Waals surface area contributed by atoms with Crippen molar-refractivity contribution in [1.82, 2.24) is 10.2 Å². The van der Waals surface area contributed by atoms with Crippen molar-refractivity contribution in [2.45, 2.75) is 31.9 Å². The number of hydrogen-bond acceptors (Lipinski definition) is 2. The number of β-amino-alcohol motifs (C(OH)–C–C–N with tert-alkyl or cyclic N) is 1. The van der Waals surface area contributed by atoms with Crippen molar-refractivity contribution in [3.8, 4) is 0 Å². The van der Waals surface area contributed by atoms with E-state index >= 15 is 0 Å². The third-order valence-corrected chi connectivity index (χ3v) is 3.61. The maximum absolute atomic E-state index is 12.1. The molecule has 1 aromatic rings. The van der Waals surface area contributed by atoms with E-state index in [1.54, 1.807) is 11.0 Å². The minimum absolute atomic E-state index is 0.106. The number of carbonyl (C=O) groups is 1. The molecule has 1 aromatic carbocycles. The van der Waals surface area contributed by atoms with Crippen LogP contribution in [0.15, 0.2) is 24.3 Å². The van der Waals surface area contributed by atoms with E-state index in [0.717, 1.165) is 18.4 Å². The fourth-order valence-electron chi connectivity index (χ4n) is 2.27. The van der Waals surface area contributed by atoms with Crippen LogP contribution in [0.2, 0.25) is 5.02 Å². The molecule has 1 aliphatic rings. The summed E-state index contributed by atoms with van der Waals surface area (Å²) in [6, 6.07) is 7.21. The molecule has 0 saturated carbocycles. The molecule has 0 aliphatic carbocycles. The normalized spacial score (nSPS) is 21.0. The van der Waals surface area contributed by atoms with Gasteiger partial charge in [0.2, 0.25) is 0 Å². The molecule has 0 spiro atoms. The van der Waals surface area contributed by atoms with E-state index in [2.05, 4.69) is 5.32 Å². The number of benzene rings is 1. The number of carbonyl (C=O) groups excluding carboxylic acids is 1. The first-order chi connectivity index (χ1) is 9.06. The number of piperidine rings is 1. The van der Waals surface area contributed by atoms with Crippen LogP contribution in [0.25, 0.3) is 0 Å². The molecule has 0 bridgehead atoms. The van der Waals surface area contributed by atoms with Gasteiger partial charge in [-0.05, 0) is 37.5 Å². The zero-order valence-corrected chi connectivity index (χ0v) is 11.7. The molecular weight excluding hydrogens is 264 g/mol. The van der Waals surface area contributed by atoms with E-state index in [9.17, 15) is 9.90 Å². The molecule has 4 nitrogen and oxygen atoms in total. The fraction of sp³-hybridized carbons (Fsp3) is 0.500. The summed E-state index contributed by atoms with van der Waals surface area (Å²) in [5, 5.41) is 13.2. The lowest BCUT2D eigenvalue weighted by molar-refractivity contribution is 0.0835. The van der Waals surface area contributed by atoms with E-state index in [-0.39, 0.29) is 12.1 Å². The number of aliphatic hydroxyl groups excluding tert-OH is 1. The standard InChI is InChI=1S/C14H19ClN2O2/c1-10(11-4-2-5-12(15)8-11)16-14(19)17-7-3-6-13(18)9-17/h2,4-5,8,10,13,18H,3,6-7,9H2,1H3,(H,16,19). The van der Waals surface area contributed by atoms with Crippen LogP contribution in [0.3, 0.4) is 0 Å². The minimum Gasteiger partial charge on any atom is -0.391 e. The van der Waals surface area contributed by atoms with Crippen LogP contribution in [0.1, 0.15) is 31.4 Å². The number of halogens is 1. The van der Waals surface area contributed by atoms with Gasteiger partial charge in [-0.3, -0.25) is 0 Å². The Hall–Kier alpha value is -1.26. The van der Waals surface area contributed by atoms with Crippen molar-refractivity contribution in [3.63, 3.8) is 0 Å². The van der Waals surface area contributed by atoms with Crippen LogP contribution in [0, 0.1) is 0 Å². The molecule has 0 radical (unpaired) electrons. The lowest BCUT2D eigenvalue weighted by Gasteiger charge is -2.31. The highest BCUT2D eigenvalue weighted by molar-refractivity contribution is 6.30. The summed E-state index contributed by atoms with van der Waals surface area (Å²) in [5.41, 5.74) is 0.971. The van der Waals surface area contributed by atoms with Crippen LogP contribution >= 0.6 is 11.6 Å². The van der Waals surface area contributed by atoms with Gasteiger partial charge in [-0.25, -0.2) is 4.79 Å². The predicted octanol–water partition coefficient (Wildman–Crippen LogP) is 2.57. The largest absolute Gasteiger partial charge is 0.391 e. The molecule has 1 heterocycles. The molecular formula is C14H19ClN2O2. The molecule has 0 aromatic heterocycles. The third kappa shape index (κ3) is 3.85. The fourth-order valence-corrected chi connectivity index (χ4v) is 2.47. The maximum atomic E-state index is 12.1. The average Bonchev–Trinajstić information content (AvgIpc) is 2.38. The van der Waals surface area contributed by atoms with Crippen LogP contribution in [0.5, 0.6) is 0 Å². The van der Waals surface area contributed by atoms with Gasteiger partial charge in [0.15, 0.2) is 0 Å². The van der Waals surface area contributed by atoms with E-state index in [1.807, 2.05) is 25.1 Å². The summed E-state index contributed by atoms with van der Waals surface area (Å²) in [4.78, 5) is 13.7. The average molecular weight is 283 g/mol. The Balaban J connectivity index is 1.94. The number of nitrogens with zero attached hydrogens (tertiary/aromatic N) is 1. The second kappa shape index (κ2) is 6.26. The smallest absolute Gasteiger partial charge is 0.317 e. The lowest BCUT2D eigenvalue weighted by atomic mass is 10.1. The van der Waals surface area contributed by atoms with Crippen molar-refractivity contribution in [2.75, 3.05) is 13.1 Å². The van der Waals surface area contributed by atoms with Crippen molar-refractivity contribution >= 4 is 17.6 Å². The maximum Gasteiger partial charge on any atom is 0.317 e. The SMILES string of the molecule is CC(NC(=O)N1CCCC(O)C1)c1cccc(Cl)c1. The summed E-state index contributed by atoms with van der Waals surface area (Å²) < 4.78 is 0. The zero-order chi connectivity index (χ0) is 13.8.